The Bertz CT molecular complexity index is 2370. The van der Waals surface area contributed by atoms with Crippen molar-refractivity contribution in [3.05, 3.63) is 204 Å². The highest BCUT2D eigenvalue weighted by Gasteiger charge is 2.52. The van der Waals surface area contributed by atoms with E-state index in [4.69, 9.17) is 27.8 Å². The second kappa shape index (κ2) is 19.2. The van der Waals surface area contributed by atoms with Crippen molar-refractivity contribution >= 4 is 35.5 Å². The van der Waals surface area contributed by atoms with Crippen molar-refractivity contribution in [2.75, 3.05) is 6.61 Å². The molecule has 0 spiro atoms. The van der Waals surface area contributed by atoms with Crippen LogP contribution in [0.25, 0.3) is 16.8 Å². The molecule has 2 heterocycles. The standard InChI is InChI=1S/C53H54O6Si/c1-53(2,3)60(46-24-12-6-13-25-46,47-26-14-7-15-27-47)59-52-33-31-45(57-52)30-32-48-49(56-38-42-28-29-43-22-16-17-23-44(43)34-42)35-50(55-37-41-20-10-5-11-21-41)51(58-48)39-54-36-40-18-8-4-9-19-40/h4-34,48-51H,35-39H2,1-3H3/b32-30+/t48-,49+,50-,51+/m0/s1. The predicted octanol–water partition coefficient (Wildman–Crippen LogP) is 10.9. The van der Waals surface area contributed by atoms with Crippen LogP contribution < -0.4 is 14.8 Å². The van der Waals surface area contributed by atoms with Crippen LogP contribution in [0.3, 0.4) is 0 Å². The first-order valence-corrected chi connectivity index (χ1v) is 22.8. The van der Waals surface area contributed by atoms with Gasteiger partial charge >= 0.3 is 8.32 Å². The number of benzene rings is 6. The van der Waals surface area contributed by atoms with Gasteiger partial charge in [0, 0.05) is 12.5 Å². The second-order valence-electron chi connectivity index (χ2n) is 16.5. The fraction of sp³-hybridized carbons (Fsp3) is 0.245. The molecule has 4 atom stereocenters. The monoisotopic (exact) mass is 814 g/mol. The molecule has 1 saturated heterocycles. The molecule has 0 saturated carbocycles. The molecule has 0 radical (unpaired) electrons. The smallest absolute Gasteiger partial charge is 0.324 e. The highest BCUT2D eigenvalue weighted by molar-refractivity contribution is 7.00. The molecule has 1 aliphatic heterocycles. The third kappa shape index (κ3) is 9.90. The zero-order chi connectivity index (χ0) is 41.2. The lowest BCUT2D eigenvalue weighted by atomic mass is 9.97. The van der Waals surface area contributed by atoms with Crippen molar-refractivity contribution in [1.82, 2.24) is 0 Å². The van der Waals surface area contributed by atoms with E-state index >= 15 is 0 Å². The molecular weight excluding hydrogens is 761 g/mol. The van der Waals surface area contributed by atoms with E-state index in [1.807, 2.05) is 60.7 Å². The molecule has 0 unspecified atom stereocenters. The van der Waals surface area contributed by atoms with Gasteiger partial charge in [-0.25, -0.2) is 0 Å². The van der Waals surface area contributed by atoms with Gasteiger partial charge in [0.2, 0.25) is 0 Å². The summed E-state index contributed by atoms with van der Waals surface area (Å²) in [6, 6.07) is 60.4. The van der Waals surface area contributed by atoms with Crippen LogP contribution in [0.2, 0.25) is 5.04 Å². The van der Waals surface area contributed by atoms with E-state index in [0.717, 1.165) is 16.7 Å². The van der Waals surface area contributed by atoms with Gasteiger partial charge in [0.15, 0.2) is 0 Å². The number of furan rings is 1. The average Bonchev–Trinajstić information content (AvgIpc) is 3.74. The molecule has 0 bridgehead atoms. The molecule has 60 heavy (non-hydrogen) atoms. The summed E-state index contributed by atoms with van der Waals surface area (Å²) < 4.78 is 40.4. The van der Waals surface area contributed by atoms with E-state index in [1.54, 1.807) is 0 Å². The van der Waals surface area contributed by atoms with E-state index < -0.39 is 14.4 Å². The van der Waals surface area contributed by atoms with Crippen LogP contribution in [0.4, 0.5) is 0 Å². The molecule has 1 aromatic heterocycles. The van der Waals surface area contributed by atoms with Crippen LogP contribution in [-0.4, -0.2) is 39.3 Å². The van der Waals surface area contributed by atoms with Gasteiger partial charge < -0.3 is 27.8 Å². The zero-order valence-electron chi connectivity index (χ0n) is 34.7. The van der Waals surface area contributed by atoms with Crippen molar-refractivity contribution in [3.8, 4) is 5.95 Å². The maximum Gasteiger partial charge on any atom is 0.324 e. The van der Waals surface area contributed by atoms with Gasteiger partial charge in [-0.3, -0.25) is 0 Å². The van der Waals surface area contributed by atoms with E-state index in [2.05, 4.69) is 148 Å². The summed E-state index contributed by atoms with van der Waals surface area (Å²) in [6.45, 7) is 8.53. The van der Waals surface area contributed by atoms with Crippen LogP contribution in [0.1, 0.15) is 49.6 Å². The molecule has 0 amide bonds. The minimum atomic E-state index is -2.88. The summed E-state index contributed by atoms with van der Waals surface area (Å²) in [7, 11) is -2.88. The maximum absolute atomic E-state index is 7.17. The summed E-state index contributed by atoms with van der Waals surface area (Å²) in [5.74, 6) is 1.15. The maximum atomic E-state index is 7.17. The average molecular weight is 815 g/mol. The van der Waals surface area contributed by atoms with Gasteiger partial charge in [0.1, 0.15) is 18.0 Å². The lowest BCUT2D eigenvalue weighted by Gasteiger charge is -2.42. The molecule has 1 fully saturated rings. The molecule has 306 valence electrons. The Balaban J connectivity index is 1.06. The first-order valence-electron chi connectivity index (χ1n) is 20.9. The van der Waals surface area contributed by atoms with Crippen LogP contribution in [0, 0.1) is 0 Å². The Morgan fingerprint density at radius 1 is 0.583 bits per heavy atom. The fourth-order valence-electron chi connectivity index (χ4n) is 8.19. The zero-order valence-corrected chi connectivity index (χ0v) is 35.7. The van der Waals surface area contributed by atoms with E-state index in [9.17, 15) is 0 Å². The minimum Gasteiger partial charge on any atom is -0.509 e. The van der Waals surface area contributed by atoms with Gasteiger partial charge in [-0.05, 0) is 67.2 Å². The topological polar surface area (TPSA) is 59.3 Å². The minimum absolute atomic E-state index is 0.208. The lowest BCUT2D eigenvalue weighted by molar-refractivity contribution is -0.202. The molecule has 1 aliphatic rings. The SMILES string of the molecule is CC(C)(C)[Si](Oc1ccc(/C=C/[C@@H]2O[C@H](COCc3ccccc3)[C@@H](OCc3ccccc3)C[C@H]2OCc2ccc3ccccc3c2)o1)(c1ccccc1)c1ccccc1. The molecule has 0 N–H and O–H groups in total. The Morgan fingerprint density at radius 2 is 1.15 bits per heavy atom. The summed E-state index contributed by atoms with van der Waals surface area (Å²) in [4.78, 5) is 0. The number of rotatable bonds is 16. The molecule has 0 aliphatic carbocycles. The molecule has 6 nitrogen and oxygen atoms in total. The normalized spacial score (nSPS) is 18.5. The number of hydrogen-bond donors (Lipinski definition) is 0. The Labute approximate surface area is 355 Å². The van der Waals surface area contributed by atoms with Crippen molar-refractivity contribution in [2.24, 2.45) is 0 Å². The van der Waals surface area contributed by atoms with Crippen molar-refractivity contribution < 1.29 is 27.8 Å². The highest BCUT2D eigenvalue weighted by atomic mass is 28.4. The fourth-order valence-corrected chi connectivity index (χ4v) is 12.5. The van der Waals surface area contributed by atoms with Gasteiger partial charge in [-0.15, -0.1) is 0 Å². The number of hydrogen-bond acceptors (Lipinski definition) is 6. The summed E-state index contributed by atoms with van der Waals surface area (Å²) in [5, 5.41) is 4.55. The first-order chi connectivity index (χ1) is 29.3. The van der Waals surface area contributed by atoms with Crippen molar-refractivity contribution in [1.29, 1.82) is 0 Å². The molecular formula is C53H54O6Si. The van der Waals surface area contributed by atoms with Crippen LogP contribution in [-0.2, 0) is 38.8 Å². The second-order valence-corrected chi connectivity index (χ2v) is 20.7. The summed E-state index contributed by atoms with van der Waals surface area (Å²) in [5.41, 5.74) is 3.31. The largest absolute Gasteiger partial charge is 0.509 e. The molecule has 6 aromatic carbocycles. The first kappa shape index (κ1) is 41.2. The lowest BCUT2D eigenvalue weighted by Crippen LogP contribution is -2.68. The van der Waals surface area contributed by atoms with E-state index in [1.165, 1.54) is 21.1 Å². The van der Waals surface area contributed by atoms with Gasteiger partial charge in [-0.2, -0.15) is 0 Å². The van der Waals surface area contributed by atoms with Gasteiger partial charge in [-0.1, -0.05) is 178 Å². The summed E-state index contributed by atoms with van der Waals surface area (Å²) >= 11 is 0. The molecule has 7 aromatic rings. The number of ether oxygens (including phenoxy) is 4. The van der Waals surface area contributed by atoms with Crippen molar-refractivity contribution in [3.63, 3.8) is 0 Å². The highest BCUT2D eigenvalue weighted by Crippen LogP contribution is 2.38. The summed E-state index contributed by atoms with van der Waals surface area (Å²) in [6.07, 6.45) is 3.34. The van der Waals surface area contributed by atoms with E-state index in [0.29, 0.717) is 44.6 Å². The van der Waals surface area contributed by atoms with Crippen molar-refractivity contribution in [2.45, 2.75) is 76.5 Å². The quantitative estimate of drug-likeness (QED) is 0.0906. The van der Waals surface area contributed by atoms with E-state index in [-0.39, 0.29) is 23.4 Å². The van der Waals surface area contributed by atoms with Crippen LogP contribution >= 0.6 is 0 Å². The molecule has 8 rings (SSSR count). The van der Waals surface area contributed by atoms with Gasteiger partial charge in [0.25, 0.3) is 5.95 Å². The van der Waals surface area contributed by atoms with Gasteiger partial charge in [0.05, 0.1) is 38.6 Å². The van der Waals surface area contributed by atoms with Crippen LogP contribution in [0.5, 0.6) is 5.95 Å². The Morgan fingerprint density at radius 3 is 1.80 bits per heavy atom. The van der Waals surface area contributed by atoms with Crippen LogP contribution in [0.15, 0.2) is 186 Å². The predicted molar refractivity (Wildman–Crippen MR) is 243 cm³/mol. The third-order valence-corrected chi connectivity index (χ3v) is 16.2. The molecule has 7 heteroatoms. The number of fused-ring (bicyclic) bond motifs is 1. The Hall–Kier alpha value is -5.54. The third-order valence-electron chi connectivity index (χ3n) is 11.3. The Kier molecular flexibility index (Phi) is 13.2.